The molecule has 0 spiro atoms. The van der Waals surface area contributed by atoms with E-state index >= 15 is 0 Å². The van der Waals surface area contributed by atoms with E-state index in [0.717, 1.165) is 25.3 Å². The highest BCUT2D eigenvalue weighted by atomic mass is 32.2. The average Bonchev–Trinajstić information content (AvgIpc) is 2.87. The summed E-state index contributed by atoms with van der Waals surface area (Å²) in [5.74, 6) is -2.05. The lowest BCUT2D eigenvalue weighted by Crippen LogP contribution is -2.41. The van der Waals surface area contributed by atoms with Gasteiger partial charge >= 0.3 is 12.0 Å². The van der Waals surface area contributed by atoms with Gasteiger partial charge in [0, 0.05) is 11.3 Å². The zero-order chi connectivity index (χ0) is 15.4. The van der Waals surface area contributed by atoms with Crippen molar-refractivity contribution in [1.29, 1.82) is 0 Å². The second-order valence-corrected chi connectivity index (χ2v) is 5.95. The lowest BCUT2D eigenvalue weighted by molar-refractivity contribution is 0.0697. The quantitative estimate of drug-likeness (QED) is 0.799. The molecule has 2 atom stereocenters. The number of nitrogens with one attached hydrogen (secondary N) is 2. The van der Waals surface area contributed by atoms with E-state index in [-0.39, 0.29) is 17.3 Å². The van der Waals surface area contributed by atoms with Gasteiger partial charge in [-0.2, -0.15) is 11.8 Å². The summed E-state index contributed by atoms with van der Waals surface area (Å²) in [6, 6.07) is 3.11. The maximum atomic E-state index is 13.7. The Kier molecular flexibility index (Phi) is 5.06. The van der Waals surface area contributed by atoms with Gasteiger partial charge in [0.05, 0.1) is 11.3 Å². The Bertz CT molecular complexity index is 553. The summed E-state index contributed by atoms with van der Waals surface area (Å²) < 4.78 is 13.7. The van der Waals surface area contributed by atoms with Crippen molar-refractivity contribution >= 4 is 29.4 Å². The molecule has 2 unspecified atom stereocenters. The third-order valence-electron chi connectivity index (χ3n) is 3.55. The van der Waals surface area contributed by atoms with Gasteiger partial charge in [-0.3, -0.25) is 0 Å². The summed E-state index contributed by atoms with van der Waals surface area (Å²) >= 11 is 1.69. The number of hydrogen-bond acceptors (Lipinski definition) is 3. The van der Waals surface area contributed by atoms with E-state index in [0.29, 0.717) is 5.25 Å². The zero-order valence-corrected chi connectivity index (χ0v) is 12.4. The maximum absolute atomic E-state index is 13.7. The number of carbonyl (C=O) groups is 2. The molecule has 0 saturated heterocycles. The summed E-state index contributed by atoms with van der Waals surface area (Å²) in [7, 11) is 0. The highest BCUT2D eigenvalue weighted by Crippen LogP contribution is 2.28. The summed E-state index contributed by atoms with van der Waals surface area (Å²) in [6.45, 7) is 0. The van der Waals surface area contributed by atoms with Crippen molar-refractivity contribution in [1.82, 2.24) is 5.32 Å². The smallest absolute Gasteiger partial charge is 0.337 e. The van der Waals surface area contributed by atoms with Crippen LogP contribution in [0, 0.1) is 5.82 Å². The van der Waals surface area contributed by atoms with Crippen molar-refractivity contribution in [2.45, 2.75) is 30.6 Å². The van der Waals surface area contributed by atoms with Crippen molar-refractivity contribution in [2.24, 2.45) is 0 Å². The number of urea groups is 1. The molecule has 0 radical (unpaired) electrons. The molecule has 2 rings (SSSR count). The highest BCUT2D eigenvalue weighted by Gasteiger charge is 2.28. The van der Waals surface area contributed by atoms with Crippen LogP contribution >= 0.6 is 11.8 Å². The minimum atomic E-state index is -1.28. The van der Waals surface area contributed by atoms with Crippen LogP contribution in [0.25, 0.3) is 0 Å². The third-order valence-corrected chi connectivity index (χ3v) is 4.72. The van der Waals surface area contributed by atoms with Crippen LogP contribution in [0.3, 0.4) is 0 Å². The molecule has 21 heavy (non-hydrogen) atoms. The van der Waals surface area contributed by atoms with E-state index < -0.39 is 17.8 Å². The third kappa shape index (κ3) is 3.66. The minimum absolute atomic E-state index is 0.0278. The number of amides is 2. The normalized spacial score (nSPS) is 21.0. The predicted molar refractivity (Wildman–Crippen MR) is 80.5 cm³/mol. The van der Waals surface area contributed by atoms with Crippen molar-refractivity contribution in [3.05, 3.63) is 29.6 Å². The number of hydrogen-bond donors (Lipinski definition) is 3. The van der Waals surface area contributed by atoms with Gasteiger partial charge in [0.15, 0.2) is 0 Å². The molecule has 1 fully saturated rings. The molecule has 1 saturated carbocycles. The molecule has 1 aromatic rings. The predicted octanol–water partition coefficient (Wildman–Crippen LogP) is 2.93. The van der Waals surface area contributed by atoms with Gasteiger partial charge in [-0.05, 0) is 31.2 Å². The molecular formula is C14H17FN2O3S. The lowest BCUT2D eigenvalue weighted by atomic mass is 10.1. The first kappa shape index (κ1) is 15.6. The fourth-order valence-electron chi connectivity index (χ4n) is 2.52. The number of carboxylic acids is 1. The van der Waals surface area contributed by atoms with Crippen LogP contribution in [-0.2, 0) is 0 Å². The molecule has 5 nitrogen and oxygen atoms in total. The van der Waals surface area contributed by atoms with Crippen LogP contribution in [0.5, 0.6) is 0 Å². The largest absolute Gasteiger partial charge is 0.478 e. The summed E-state index contributed by atoms with van der Waals surface area (Å²) in [6.07, 6.45) is 4.94. The molecule has 0 aromatic heterocycles. The van der Waals surface area contributed by atoms with Crippen LogP contribution in [-0.4, -0.2) is 34.7 Å². The standard InChI is InChI=1S/C14H17FN2O3S/c1-21-11-7-3-6-10(11)16-14(20)17-12-8(13(18)19)4-2-5-9(12)15/h2,4-5,10-11H,3,6-7H2,1H3,(H,18,19)(H2,16,17,20). The van der Waals surface area contributed by atoms with Gasteiger partial charge in [0.1, 0.15) is 5.82 Å². The van der Waals surface area contributed by atoms with Crippen LogP contribution in [0.15, 0.2) is 18.2 Å². The average molecular weight is 312 g/mol. The molecule has 0 heterocycles. The van der Waals surface area contributed by atoms with Crippen LogP contribution < -0.4 is 10.6 Å². The lowest BCUT2D eigenvalue weighted by Gasteiger charge is -2.20. The number of carboxylic acid groups (broad SMARTS) is 1. The monoisotopic (exact) mass is 312 g/mol. The Labute approximate surface area is 126 Å². The molecule has 1 aromatic carbocycles. The van der Waals surface area contributed by atoms with Crippen LogP contribution in [0.4, 0.5) is 14.9 Å². The topological polar surface area (TPSA) is 78.4 Å². The molecule has 2 amide bonds. The van der Waals surface area contributed by atoms with E-state index in [1.807, 2.05) is 6.26 Å². The van der Waals surface area contributed by atoms with E-state index in [1.165, 1.54) is 12.1 Å². The number of carbonyl (C=O) groups excluding carboxylic acids is 1. The number of thioether (sulfide) groups is 1. The molecule has 0 aliphatic heterocycles. The second kappa shape index (κ2) is 6.80. The molecule has 1 aliphatic carbocycles. The van der Waals surface area contributed by atoms with Crippen molar-refractivity contribution < 1.29 is 19.1 Å². The van der Waals surface area contributed by atoms with E-state index in [4.69, 9.17) is 5.11 Å². The van der Waals surface area contributed by atoms with Gasteiger partial charge in [-0.25, -0.2) is 14.0 Å². The first-order chi connectivity index (χ1) is 10.0. The Morgan fingerprint density at radius 2 is 2.14 bits per heavy atom. The Hall–Kier alpha value is -1.76. The SMILES string of the molecule is CSC1CCCC1NC(=O)Nc1c(F)cccc1C(=O)O. The second-order valence-electron chi connectivity index (χ2n) is 4.88. The highest BCUT2D eigenvalue weighted by molar-refractivity contribution is 7.99. The van der Waals surface area contributed by atoms with Gasteiger partial charge in [0.2, 0.25) is 0 Å². The number of aromatic carboxylic acids is 1. The molecule has 0 bridgehead atoms. The number of anilines is 1. The molecule has 1 aliphatic rings. The van der Waals surface area contributed by atoms with Crippen molar-refractivity contribution in [2.75, 3.05) is 11.6 Å². The van der Waals surface area contributed by atoms with Gasteiger partial charge in [0.25, 0.3) is 0 Å². The van der Waals surface area contributed by atoms with Crippen LogP contribution in [0.1, 0.15) is 29.6 Å². The van der Waals surface area contributed by atoms with E-state index in [2.05, 4.69) is 10.6 Å². The molecular weight excluding hydrogens is 295 g/mol. The number of benzene rings is 1. The molecule has 114 valence electrons. The molecule has 3 N–H and O–H groups in total. The van der Waals surface area contributed by atoms with Crippen LogP contribution in [0.2, 0.25) is 0 Å². The van der Waals surface area contributed by atoms with Gasteiger partial charge < -0.3 is 15.7 Å². The van der Waals surface area contributed by atoms with Crippen molar-refractivity contribution in [3.8, 4) is 0 Å². The number of halogens is 1. The zero-order valence-electron chi connectivity index (χ0n) is 11.6. The summed E-state index contributed by atoms with van der Waals surface area (Å²) in [5.41, 5.74) is -0.570. The maximum Gasteiger partial charge on any atom is 0.337 e. The van der Waals surface area contributed by atoms with E-state index in [1.54, 1.807) is 11.8 Å². The number of rotatable bonds is 4. The van der Waals surface area contributed by atoms with Gasteiger partial charge in [-0.15, -0.1) is 0 Å². The first-order valence-electron chi connectivity index (χ1n) is 6.65. The fraction of sp³-hybridized carbons (Fsp3) is 0.429. The number of para-hydroxylation sites is 1. The molecule has 7 heteroatoms. The van der Waals surface area contributed by atoms with Crippen molar-refractivity contribution in [3.63, 3.8) is 0 Å². The minimum Gasteiger partial charge on any atom is -0.478 e. The summed E-state index contributed by atoms with van der Waals surface area (Å²) in [5, 5.41) is 14.5. The Morgan fingerprint density at radius 3 is 2.81 bits per heavy atom. The fourth-order valence-corrected chi connectivity index (χ4v) is 3.46. The first-order valence-corrected chi connectivity index (χ1v) is 7.94. The van der Waals surface area contributed by atoms with Gasteiger partial charge in [-0.1, -0.05) is 12.5 Å². The Morgan fingerprint density at radius 1 is 1.38 bits per heavy atom. The Balaban J connectivity index is 2.08. The van der Waals surface area contributed by atoms with E-state index in [9.17, 15) is 14.0 Å². The summed E-state index contributed by atoms with van der Waals surface area (Å²) in [4.78, 5) is 23.0.